The van der Waals surface area contributed by atoms with Gasteiger partial charge in [-0.15, -0.1) is 0 Å². The number of benzene rings is 1. The monoisotopic (exact) mass is 304 g/mol. The number of carbonyl (C=O) groups is 1. The number of hydrogen-bond acceptors (Lipinski definition) is 4. The van der Waals surface area contributed by atoms with E-state index in [1.54, 1.807) is 29.5 Å². The molecule has 0 spiro atoms. The lowest BCUT2D eigenvalue weighted by Gasteiger charge is -2.12. The van der Waals surface area contributed by atoms with Crippen LogP contribution in [0.3, 0.4) is 0 Å². The van der Waals surface area contributed by atoms with Crippen LogP contribution in [0.15, 0.2) is 41.1 Å². The fourth-order valence-corrected chi connectivity index (χ4v) is 2.37. The van der Waals surface area contributed by atoms with Gasteiger partial charge in [-0.3, -0.25) is 0 Å². The van der Waals surface area contributed by atoms with E-state index in [2.05, 4.69) is 0 Å². The van der Waals surface area contributed by atoms with Gasteiger partial charge in [-0.05, 0) is 53.1 Å². The maximum atomic E-state index is 10.5. The Labute approximate surface area is 127 Å². The van der Waals surface area contributed by atoms with Crippen LogP contribution in [0, 0.1) is 0 Å². The summed E-state index contributed by atoms with van der Waals surface area (Å²) in [6.45, 7) is 2.89. The molecule has 1 heterocycles. The molecule has 0 aliphatic rings. The predicted octanol–water partition coefficient (Wildman–Crippen LogP) is 3.82. The van der Waals surface area contributed by atoms with E-state index < -0.39 is 5.97 Å². The molecule has 0 fully saturated rings. The zero-order valence-corrected chi connectivity index (χ0v) is 12.4. The summed E-state index contributed by atoms with van der Waals surface area (Å²) in [6.07, 6.45) is 2.62. The Morgan fingerprint density at radius 3 is 2.81 bits per heavy atom. The average Bonchev–Trinajstić information content (AvgIpc) is 2.97. The van der Waals surface area contributed by atoms with Crippen LogP contribution in [0.25, 0.3) is 6.08 Å². The van der Waals surface area contributed by atoms with Gasteiger partial charge >= 0.3 is 5.97 Å². The summed E-state index contributed by atoms with van der Waals surface area (Å²) in [5.41, 5.74) is 1.86. The molecule has 2 aromatic rings. The van der Waals surface area contributed by atoms with Crippen LogP contribution >= 0.6 is 11.3 Å². The molecule has 0 unspecified atom stereocenters. The Morgan fingerprint density at radius 1 is 1.29 bits per heavy atom. The third-order valence-corrected chi connectivity index (χ3v) is 3.39. The highest BCUT2D eigenvalue weighted by Crippen LogP contribution is 2.30. The molecule has 0 atom stereocenters. The maximum Gasteiger partial charge on any atom is 0.328 e. The molecular formula is C16H16O4S. The van der Waals surface area contributed by atoms with Gasteiger partial charge in [0.15, 0.2) is 11.5 Å². The highest BCUT2D eigenvalue weighted by atomic mass is 32.1. The average molecular weight is 304 g/mol. The number of ether oxygens (including phenoxy) is 2. The lowest BCUT2D eigenvalue weighted by atomic mass is 10.2. The molecular weight excluding hydrogens is 288 g/mol. The summed E-state index contributed by atoms with van der Waals surface area (Å²) < 4.78 is 11.3. The molecule has 0 saturated heterocycles. The van der Waals surface area contributed by atoms with Crippen molar-refractivity contribution in [2.45, 2.75) is 13.5 Å². The highest BCUT2D eigenvalue weighted by Gasteiger charge is 2.06. The Bertz CT molecular complexity index is 617. The van der Waals surface area contributed by atoms with Crippen molar-refractivity contribution < 1.29 is 19.4 Å². The van der Waals surface area contributed by atoms with Gasteiger partial charge in [-0.1, -0.05) is 6.07 Å². The molecule has 1 aromatic carbocycles. The van der Waals surface area contributed by atoms with Gasteiger partial charge in [0.05, 0.1) is 6.61 Å². The molecule has 0 aliphatic carbocycles. The molecule has 5 heteroatoms. The van der Waals surface area contributed by atoms with Gasteiger partial charge in [0, 0.05) is 6.08 Å². The van der Waals surface area contributed by atoms with Gasteiger partial charge in [-0.25, -0.2) is 4.79 Å². The Hall–Kier alpha value is -2.27. The van der Waals surface area contributed by atoms with Gasteiger partial charge in [0.2, 0.25) is 0 Å². The number of aliphatic carboxylic acids is 1. The zero-order valence-electron chi connectivity index (χ0n) is 11.6. The van der Waals surface area contributed by atoms with Crippen LogP contribution in [0.4, 0.5) is 0 Å². The molecule has 0 amide bonds. The smallest absolute Gasteiger partial charge is 0.328 e. The van der Waals surface area contributed by atoms with Gasteiger partial charge in [0.1, 0.15) is 6.61 Å². The Kier molecular flexibility index (Phi) is 5.40. The fraction of sp³-hybridized carbons (Fsp3) is 0.188. The predicted molar refractivity (Wildman–Crippen MR) is 82.9 cm³/mol. The van der Waals surface area contributed by atoms with E-state index in [-0.39, 0.29) is 0 Å². The van der Waals surface area contributed by atoms with E-state index in [4.69, 9.17) is 14.6 Å². The van der Waals surface area contributed by atoms with Crippen LogP contribution in [0.1, 0.15) is 18.1 Å². The number of hydrogen-bond donors (Lipinski definition) is 1. The largest absolute Gasteiger partial charge is 0.490 e. The quantitative estimate of drug-likeness (QED) is 0.790. The van der Waals surface area contributed by atoms with Crippen molar-refractivity contribution in [2.75, 3.05) is 6.61 Å². The van der Waals surface area contributed by atoms with Gasteiger partial charge < -0.3 is 14.6 Å². The first-order valence-corrected chi connectivity index (χ1v) is 7.45. The minimum absolute atomic E-state index is 0.480. The molecule has 2 rings (SSSR count). The second-order valence-corrected chi connectivity index (χ2v) is 5.01. The second kappa shape index (κ2) is 7.50. The summed E-state index contributed by atoms with van der Waals surface area (Å²) in [6, 6.07) is 7.37. The summed E-state index contributed by atoms with van der Waals surface area (Å²) >= 11 is 1.62. The van der Waals surface area contributed by atoms with Crippen LogP contribution in [0.2, 0.25) is 0 Å². The molecule has 0 saturated carbocycles. The minimum Gasteiger partial charge on any atom is -0.490 e. The van der Waals surface area contributed by atoms with E-state index in [1.165, 1.54) is 6.08 Å². The minimum atomic E-state index is -0.981. The molecule has 0 radical (unpaired) electrons. The highest BCUT2D eigenvalue weighted by molar-refractivity contribution is 7.07. The van der Waals surface area contributed by atoms with Crippen LogP contribution in [-0.4, -0.2) is 17.7 Å². The molecule has 0 bridgehead atoms. The molecule has 1 aromatic heterocycles. The molecule has 4 nitrogen and oxygen atoms in total. The number of rotatable bonds is 7. The van der Waals surface area contributed by atoms with Crippen molar-refractivity contribution in [1.82, 2.24) is 0 Å². The summed E-state index contributed by atoms with van der Waals surface area (Å²) in [5, 5.41) is 12.7. The number of carboxylic acid groups (broad SMARTS) is 1. The van der Waals surface area contributed by atoms with E-state index >= 15 is 0 Å². The Balaban J connectivity index is 2.14. The van der Waals surface area contributed by atoms with E-state index in [0.717, 1.165) is 17.2 Å². The molecule has 0 aliphatic heterocycles. The van der Waals surface area contributed by atoms with Crippen molar-refractivity contribution in [1.29, 1.82) is 0 Å². The van der Waals surface area contributed by atoms with Gasteiger partial charge in [-0.2, -0.15) is 11.3 Å². The normalized spacial score (nSPS) is 10.7. The topological polar surface area (TPSA) is 55.8 Å². The standard InChI is InChI=1S/C16H16O4S/c1-2-19-15-9-12(4-6-16(17)18)3-5-14(15)20-10-13-7-8-21-11-13/h3-9,11H,2,10H2,1H3,(H,17,18)/b6-4+. The lowest BCUT2D eigenvalue weighted by molar-refractivity contribution is -0.131. The van der Waals surface area contributed by atoms with E-state index in [0.29, 0.717) is 24.7 Å². The van der Waals surface area contributed by atoms with Crippen molar-refractivity contribution in [3.05, 3.63) is 52.2 Å². The van der Waals surface area contributed by atoms with Crippen molar-refractivity contribution in [2.24, 2.45) is 0 Å². The van der Waals surface area contributed by atoms with E-state index in [9.17, 15) is 4.79 Å². The zero-order chi connectivity index (χ0) is 15.1. The number of carboxylic acids is 1. The second-order valence-electron chi connectivity index (χ2n) is 4.23. The molecule has 110 valence electrons. The first kappa shape index (κ1) is 15.1. The summed E-state index contributed by atoms with van der Waals surface area (Å²) in [4.78, 5) is 10.5. The first-order chi connectivity index (χ1) is 10.2. The van der Waals surface area contributed by atoms with Crippen molar-refractivity contribution >= 4 is 23.4 Å². The third-order valence-electron chi connectivity index (χ3n) is 2.66. The molecule has 21 heavy (non-hydrogen) atoms. The van der Waals surface area contributed by atoms with E-state index in [1.807, 2.05) is 23.8 Å². The summed E-state index contributed by atoms with van der Waals surface area (Å²) in [5.74, 6) is 0.279. The number of thiophene rings is 1. The van der Waals surface area contributed by atoms with Crippen LogP contribution < -0.4 is 9.47 Å². The summed E-state index contributed by atoms with van der Waals surface area (Å²) in [7, 11) is 0. The lowest BCUT2D eigenvalue weighted by Crippen LogP contribution is -1.99. The van der Waals surface area contributed by atoms with Crippen LogP contribution in [0.5, 0.6) is 11.5 Å². The van der Waals surface area contributed by atoms with Crippen molar-refractivity contribution in [3.63, 3.8) is 0 Å². The van der Waals surface area contributed by atoms with Gasteiger partial charge in [0.25, 0.3) is 0 Å². The van der Waals surface area contributed by atoms with Crippen LogP contribution in [-0.2, 0) is 11.4 Å². The fourth-order valence-electron chi connectivity index (χ4n) is 1.72. The third kappa shape index (κ3) is 4.65. The molecule has 1 N–H and O–H groups in total. The first-order valence-electron chi connectivity index (χ1n) is 6.50. The SMILES string of the molecule is CCOc1cc(/C=C/C(=O)O)ccc1OCc1ccsc1. The maximum absolute atomic E-state index is 10.5. The van der Waals surface area contributed by atoms with Crippen molar-refractivity contribution in [3.8, 4) is 11.5 Å². The Morgan fingerprint density at radius 2 is 2.14 bits per heavy atom.